The molecule has 6 heteroatoms. The summed E-state index contributed by atoms with van der Waals surface area (Å²) in [5.74, 6) is 0.473. The Hall–Kier alpha value is -3.43. The molecule has 0 aliphatic carbocycles. The van der Waals surface area contributed by atoms with Crippen LogP contribution in [0.1, 0.15) is 11.5 Å². The normalized spacial score (nSPS) is 12.1. The van der Waals surface area contributed by atoms with Crippen molar-refractivity contribution in [2.75, 3.05) is 5.32 Å². The first-order valence-corrected chi connectivity index (χ1v) is 10.8. The van der Waals surface area contributed by atoms with E-state index in [9.17, 15) is 4.57 Å². The zero-order chi connectivity index (χ0) is 19.9. The molecule has 4 rings (SSSR count). The van der Waals surface area contributed by atoms with Gasteiger partial charge >= 0.3 is 7.60 Å². The van der Waals surface area contributed by atoms with Crippen LogP contribution in [0.4, 0.5) is 5.69 Å². The summed E-state index contributed by atoms with van der Waals surface area (Å²) in [7, 11) is -3.83. The number of benzene rings is 3. The molecule has 0 aliphatic rings. The van der Waals surface area contributed by atoms with E-state index in [0.29, 0.717) is 17.3 Å². The Kier molecular flexibility index (Phi) is 5.68. The molecule has 0 radical (unpaired) electrons. The summed E-state index contributed by atoms with van der Waals surface area (Å²) in [4.78, 5) is 0. The highest BCUT2D eigenvalue weighted by Crippen LogP contribution is 2.60. The highest BCUT2D eigenvalue weighted by Gasteiger charge is 2.43. The third kappa shape index (κ3) is 4.71. The van der Waals surface area contributed by atoms with Crippen molar-refractivity contribution in [1.82, 2.24) is 0 Å². The van der Waals surface area contributed by atoms with Crippen molar-refractivity contribution >= 4 is 13.3 Å². The molecule has 3 aromatic carbocycles. The Morgan fingerprint density at radius 3 is 1.69 bits per heavy atom. The van der Waals surface area contributed by atoms with Gasteiger partial charge < -0.3 is 18.8 Å². The van der Waals surface area contributed by atoms with E-state index in [2.05, 4.69) is 5.32 Å². The fraction of sp³-hybridized carbons (Fsp3) is 0.0435. The van der Waals surface area contributed by atoms with Crippen molar-refractivity contribution in [3.05, 3.63) is 115 Å². The van der Waals surface area contributed by atoms with Crippen LogP contribution >= 0.6 is 7.60 Å². The van der Waals surface area contributed by atoms with Crippen LogP contribution in [-0.2, 0) is 4.57 Å². The second-order valence-electron chi connectivity index (χ2n) is 6.28. The van der Waals surface area contributed by atoms with E-state index in [1.54, 1.807) is 36.4 Å². The number of nitrogens with one attached hydrogen (secondary N) is 1. The van der Waals surface area contributed by atoms with Crippen molar-refractivity contribution in [2.24, 2.45) is 0 Å². The molecule has 0 amide bonds. The maximum atomic E-state index is 14.2. The summed E-state index contributed by atoms with van der Waals surface area (Å²) in [6, 6.07) is 30.9. The van der Waals surface area contributed by atoms with Crippen LogP contribution in [0, 0.1) is 0 Å². The van der Waals surface area contributed by atoms with Crippen molar-refractivity contribution in [3.8, 4) is 11.5 Å². The molecule has 0 fully saturated rings. The molecule has 1 aromatic heterocycles. The summed E-state index contributed by atoms with van der Waals surface area (Å²) in [5, 5.41) is 3.26. The average molecular weight is 405 g/mol. The molecule has 4 aromatic rings. The number of hydrogen-bond donors (Lipinski definition) is 1. The number of anilines is 1. The van der Waals surface area contributed by atoms with Gasteiger partial charge in [0.25, 0.3) is 0 Å². The predicted octanol–water partition coefficient (Wildman–Crippen LogP) is 6.74. The number of rotatable bonds is 8. The summed E-state index contributed by atoms with van der Waals surface area (Å²) < 4.78 is 31.7. The molecule has 5 nitrogen and oxygen atoms in total. The van der Waals surface area contributed by atoms with Gasteiger partial charge in [-0.15, -0.1) is 0 Å². The van der Waals surface area contributed by atoms with Crippen LogP contribution < -0.4 is 14.4 Å². The number of hydrogen-bond acceptors (Lipinski definition) is 5. The van der Waals surface area contributed by atoms with Crippen LogP contribution in [0.5, 0.6) is 11.5 Å². The minimum atomic E-state index is -3.83. The van der Waals surface area contributed by atoms with Crippen LogP contribution in [0.2, 0.25) is 0 Å². The van der Waals surface area contributed by atoms with E-state index < -0.39 is 13.4 Å². The first kappa shape index (κ1) is 18.9. The highest BCUT2D eigenvalue weighted by atomic mass is 31.2. The second kappa shape index (κ2) is 8.72. The fourth-order valence-corrected chi connectivity index (χ4v) is 4.67. The third-order valence-electron chi connectivity index (χ3n) is 4.16. The van der Waals surface area contributed by atoms with Gasteiger partial charge in [-0.25, -0.2) is 4.57 Å². The molecule has 0 bridgehead atoms. The van der Waals surface area contributed by atoms with Gasteiger partial charge in [0.05, 0.1) is 6.26 Å². The van der Waals surface area contributed by atoms with Gasteiger partial charge in [0.2, 0.25) is 5.78 Å². The van der Waals surface area contributed by atoms with Gasteiger partial charge in [-0.1, -0.05) is 54.6 Å². The number of para-hydroxylation sites is 3. The molecule has 1 N–H and O–H groups in total. The van der Waals surface area contributed by atoms with E-state index in [0.717, 1.165) is 5.69 Å². The van der Waals surface area contributed by atoms with Crippen molar-refractivity contribution in [3.63, 3.8) is 0 Å². The zero-order valence-electron chi connectivity index (χ0n) is 15.5. The lowest BCUT2D eigenvalue weighted by Gasteiger charge is -2.27. The molecular formula is C23H20NO4P. The Bertz CT molecular complexity index is 1010. The van der Waals surface area contributed by atoms with Gasteiger partial charge in [-0.05, 0) is 48.5 Å². The molecule has 1 heterocycles. The lowest BCUT2D eigenvalue weighted by atomic mass is 10.3. The molecule has 29 heavy (non-hydrogen) atoms. The predicted molar refractivity (Wildman–Crippen MR) is 113 cm³/mol. The maximum absolute atomic E-state index is 14.2. The minimum absolute atomic E-state index is 0.443. The molecule has 0 aliphatic heterocycles. The van der Waals surface area contributed by atoms with E-state index in [-0.39, 0.29) is 0 Å². The quantitative estimate of drug-likeness (QED) is 0.329. The monoisotopic (exact) mass is 405 g/mol. The Morgan fingerprint density at radius 1 is 0.690 bits per heavy atom. The van der Waals surface area contributed by atoms with Gasteiger partial charge in [0, 0.05) is 5.69 Å². The van der Waals surface area contributed by atoms with Crippen molar-refractivity contribution < 1.29 is 18.0 Å². The third-order valence-corrected chi connectivity index (χ3v) is 6.10. The largest absolute Gasteiger partial charge is 0.466 e. The molecular weight excluding hydrogens is 385 g/mol. The van der Waals surface area contributed by atoms with Gasteiger partial charge in [-0.2, -0.15) is 0 Å². The van der Waals surface area contributed by atoms with Crippen molar-refractivity contribution in [2.45, 2.75) is 5.78 Å². The Morgan fingerprint density at radius 2 is 1.21 bits per heavy atom. The van der Waals surface area contributed by atoms with Crippen molar-refractivity contribution in [1.29, 1.82) is 0 Å². The molecule has 0 saturated heterocycles. The standard InChI is InChI=1S/C23H20NO4P/c25-29(27-20-13-6-2-7-14-20,28-21-15-8-3-9-16-21)23(22-17-10-18-26-22)24-19-11-4-1-5-12-19/h1-18,23-24H. The first-order chi connectivity index (χ1) is 14.2. The van der Waals surface area contributed by atoms with E-state index >= 15 is 0 Å². The maximum Gasteiger partial charge on any atom is 0.460 e. The van der Waals surface area contributed by atoms with Gasteiger partial charge in [-0.3, -0.25) is 0 Å². The lowest BCUT2D eigenvalue weighted by Crippen LogP contribution is -2.17. The zero-order valence-corrected chi connectivity index (χ0v) is 16.4. The summed E-state index contributed by atoms with van der Waals surface area (Å²) in [6.45, 7) is 0. The van der Waals surface area contributed by atoms with Crippen LogP contribution in [0.15, 0.2) is 114 Å². The summed E-state index contributed by atoms with van der Waals surface area (Å²) in [6.07, 6.45) is 1.53. The SMILES string of the molecule is O=P(Oc1ccccc1)(Oc1ccccc1)C(Nc1ccccc1)c1ccco1. The molecule has 146 valence electrons. The van der Waals surface area contributed by atoms with E-state index in [1.807, 2.05) is 66.7 Å². The lowest BCUT2D eigenvalue weighted by molar-refractivity contribution is 0.366. The smallest absolute Gasteiger partial charge is 0.460 e. The second-order valence-corrected chi connectivity index (χ2v) is 8.24. The summed E-state index contributed by atoms with van der Waals surface area (Å²) >= 11 is 0. The first-order valence-electron chi connectivity index (χ1n) is 9.17. The van der Waals surface area contributed by atoms with Gasteiger partial charge in [0.15, 0.2) is 0 Å². The Labute approximate surface area is 169 Å². The minimum Gasteiger partial charge on any atom is -0.466 e. The molecule has 1 atom stereocenters. The van der Waals surface area contributed by atoms with Crippen LogP contribution in [0.25, 0.3) is 0 Å². The van der Waals surface area contributed by atoms with Crippen LogP contribution in [-0.4, -0.2) is 0 Å². The van der Waals surface area contributed by atoms with E-state index in [1.165, 1.54) is 6.26 Å². The molecule has 0 saturated carbocycles. The number of furan rings is 1. The van der Waals surface area contributed by atoms with E-state index in [4.69, 9.17) is 13.5 Å². The fourth-order valence-electron chi connectivity index (χ4n) is 2.83. The molecule has 0 spiro atoms. The van der Waals surface area contributed by atoms with Gasteiger partial charge in [0.1, 0.15) is 17.3 Å². The van der Waals surface area contributed by atoms with Crippen LogP contribution in [0.3, 0.4) is 0 Å². The average Bonchev–Trinajstić information content (AvgIpc) is 3.28. The Balaban J connectivity index is 1.75. The summed E-state index contributed by atoms with van der Waals surface area (Å²) in [5.41, 5.74) is 0.766. The topological polar surface area (TPSA) is 60.7 Å². The molecule has 1 unspecified atom stereocenters. The highest BCUT2D eigenvalue weighted by molar-refractivity contribution is 7.55.